The Hall–Kier alpha value is -1.29. The Morgan fingerprint density at radius 1 is 1.38 bits per heavy atom. The van der Waals surface area contributed by atoms with Crippen LogP contribution in [0.3, 0.4) is 0 Å². The number of hydrogen-bond donors (Lipinski definition) is 0. The lowest BCUT2D eigenvalue weighted by atomic mass is 10.0. The molecule has 1 aromatic rings. The van der Waals surface area contributed by atoms with Crippen LogP contribution in [0.4, 0.5) is 8.78 Å². The number of alkyl halides is 2. The molecule has 0 aliphatic heterocycles. The SMILES string of the molecule is Cc1ccc(C(=O)COCC(F)F)c(C)c1. The van der Waals surface area contributed by atoms with Gasteiger partial charge in [0, 0.05) is 5.56 Å². The predicted molar refractivity (Wildman–Crippen MR) is 57.1 cm³/mol. The van der Waals surface area contributed by atoms with E-state index in [0.29, 0.717) is 5.56 Å². The fraction of sp³-hybridized carbons (Fsp3) is 0.417. The molecular formula is C12H14F2O2. The summed E-state index contributed by atoms with van der Waals surface area (Å²) in [6, 6.07) is 5.38. The van der Waals surface area contributed by atoms with Gasteiger partial charge in [-0.05, 0) is 19.4 Å². The molecule has 0 radical (unpaired) electrons. The Labute approximate surface area is 93.2 Å². The maximum Gasteiger partial charge on any atom is 0.261 e. The molecule has 0 N–H and O–H groups in total. The van der Waals surface area contributed by atoms with Gasteiger partial charge in [0.2, 0.25) is 0 Å². The summed E-state index contributed by atoms with van der Waals surface area (Å²) in [7, 11) is 0. The van der Waals surface area contributed by atoms with Crippen molar-refractivity contribution < 1.29 is 18.3 Å². The van der Waals surface area contributed by atoms with Crippen LogP contribution in [-0.2, 0) is 4.74 Å². The van der Waals surface area contributed by atoms with Gasteiger partial charge in [-0.25, -0.2) is 8.78 Å². The van der Waals surface area contributed by atoms with Crippen molar-refractivity contribution in [1.29, 1.82) is 0 Å². The number of hydrogen-bond acceptors (Lipinski definition) is 2. The van der Waals surface area contributed by atoms with Crippen LogP contribution in [0.25, 0.3) is 0 Å². The minimum Gasteiger partial charge on any atom is -0.367 e. The highest BCUT2D eigenvalue weighted by Crippen LogP contribution is 2.11. The number of benzene rings is 1. The van der Waals surface area contributed by atoms with Gasteiger partial charge in [-0.2, -0.15) is 0 Å². The summed E-state index contributed by atoms with van der Waals surface area (Å²) in [5, 5.41) is 0. The van der Waals surface area contributed by atoms with E-state index in [1.165, 1.54) is 0 Å². The zero-order valence-corrected chi connectivity index (χ0v) is 9.30. The average molecular weight is 228 g/mol. The summed E-state index contributed by atoms with van der Waals surface area (Å²) >= 11 is 0. The monoisotopic (exact) mass is 228 g/mol. The molecule has 0 amide bonds. The van der Waals surface area contributed by atoms with Crippen molar-refractivity contribution in [2.24, 2.45) is 0 Å². The minimum atomic E-state index is -2.54. The third kappa shape index (κ3) is 3.70. The van der Waals surface area contributed by atoms with Crippen molar-refractivity contribution in [1.82, 2.24) is 0 Å². The Balaban J connectivity index is 2.59. The van der Waals surface area contributed by atoms with E-state index in [0.717, 1.165) is 11.1 Å². The number of ether oxygens (including phenoxy) is 1. The van der Waals surface area contributed by atoms with Crippen LogP contribution in [0.5, 0.6) is 0 Å². The molecule has 1 rings (SSSR count). The van der Waals surface area contributed by atoms with Crippen LogP contribution in [0.2, 0.25) is 0 Å². The number of aryl methyl sites for hydroxylation is 2. The molecule has 1 aromatic carbocycles. The van der Waals surface area contributed by atoms with Gasteiger partial charge in [0.1, 0.15) is 13.2 Å². The first-order valence-corrected chi connectivity index (χ1v) is 4.97. The van der Waals surface area contributed by atoms with E-state index in [9.17, 15) is 13.6 Å². The lowest BCUT2D eigenvalue weighted by molar-refractivity contribution is 0.0196. The topological polar surface area (TPSA) is 26.3 Å². The van der Waals surface area contributed by atoms with E-state index in [1.54, 1.807) is 6.07 Å². The highest BCUT2D eigenvalue weighted by molar-refractivity contribution is 5.98. The normalized spacial score (nSPS) is 10.8. The molecule has 2 nitrogen and oxygen atoms in total. The summed E-state index contributed by atoms with van der Waals surface area (Å²) in [5.74, 6) is -0.266. The molecular weight excluding hydrogens is 214 g/mol. The highest BCUT2D eigenvalue weighted by atomic mass is 19.3. The van der Waals surface area contributed by atoms with Gasteiger partial charge in [0.15, 0.2) is 5.78 Å². The van der Waals surface area contributed by atoms with Gasteiger partial charge >= 0.3 is 0 Å². The number of ketones is 1. The zero-order chi connectivity index (χ0) is 12.1. The average Bonchev–Trinajstić information content (AvgIpc) is 2.16. The molecule has 0 aromatic heterocycles. The van der Waals surface area contributed by atoms with E-state index in [-0.39, 0.29) is 12.4 Å². The van der Waals surface area contributed by atoms with Gasteiger partial charge in [0.25, 0.3) is 6.43 Å². The molecule has 4 heteroatoms. The van der Waals surface area contributed by atoms with Gasteiger partial charge in [-0.1, -0.05) is 23.8 Å². The molecule has 0 heterocycles. The second-order valence-corrected chi connectivity index (χ2v) is 3.65. The quantitative estimate of drug-likeness (QED) is 0.724. The molecule has 0 aliphatic rings. The van der Waals surface area contributed by atoms with Crippen LogP contribution in [0, 0.1) is 13.8 Å². The highest BCUT2D eigenvalue weighted by Gasteiger charge is 2.10. The smallest absolute Gasteiger partial charge is 0.261 e. The van der Waals surface area contributed by atoms with Crippen LogP contribution in [0.15, 0.2) is 18.2 Å². The first-order chi connectivity index (χ1) is 7.50. The second-order valence-electron chi connectivity index (χ2n) is 3.65. The number of rotatable bonds is 5. The minimum absolute atomic E-state index is 0.266. The fourth-order valence-electron chi connectivity index (χ4n) is 1.44. The van der Waals surface area contributed by atoms with E-state index in [2.05, 4.69) is 4.74 Å². The first kappa shape index (κ1) is 12.8. The predicted octanol–water partition coefficient (Wildman–Crippen LogP) is 2.77. The van der Waals surface area contributed by atoms with E-state index in [1.807, 2.05) is 26.0 Å². The molecule has 0 bridgehead atoms. The second kappa shape index (κ2) is 5.70. The van der Waals surface area contributed by atoms with Crippen LogP contribution in [0.1, 0.15) is 21.5 Å². The molecule has 0 fully saturated rings. The maximum atomic E-state index is 11.8. The van der Waals surface area contributed by atoms with Gasteiger partial charge < -0.3 is 4.74 Å². The molecule has 0 spiro atoms. The van der Waals surface area contributed by atoms with Gasteiger partial charge in [0.05, 0.1) is 0 Å². The first-order valence-electron chi connectivity index (χ1n) is 4.97. The summed E-state index contributed by atoms with van der Waals surface area (Å²) in [5.41, 5.74) is 2.42. The molecule has 0 atom stereocenters. The lowest BCUT2D eigenvalue weighted by Gasteiger charge is -2.06. The maximum absolute atomic E-state index is 11.8. The third-order valence-corrected chi connectivity index (χ3v) is 2.16. The molecule has 16 heavy (non-hydrogen) atoms. The summed E-state index contributed by atoms with van der Waals surface area (Å²) < 4.78 is 28.2. The summed E-state index contributed by atoms with van der Waals surface area (Å²) in [6.45, 7) is 2.74. The van der Waals surface area contributed by atoms with Crippen LogP contribution >= 0.6 is 0 Å². The molecule has 0 aliphatic carbocycles. The Kier molecular flexibility index (Phi) is 4.55. The third-order valence-electron chi connectivity index (χ3n) is 2.16. The van der Waals surface area contributed by atoms with E-state index in [4.69, 9.17) is 0 Å². The zero-order valence-electron chi connectivity index (χ0n) is 9.30. The van der Waals surface area contributed by atoms with Gasteiger partial charge in [-0.15, -0.1) is 0 Å². The standard InChI is InChI=1S/C12H14F2O2/c1-8-3-4-10(9(2)5-8)11(15)6-16-7-12(13)14/h3-5,12H,6-7H2,1-2H3. The van der Waals surface area contributed by atoms with Crippen molar-refractivity contribution >= 4 is 5.78 Å². The summed E-state index contributed by atoms with van der Waals surface area (Å²) in [4.78, 5) is 11.6. The molecule has 0 saturated heterocycles. The Bertz CT molecular complexity index is 375. The lowest BCUT2D eigenvalue weighted by Crippen LogP contribution is -2.14. The van der Waals surface area contributed by atoms with Crippen molar-refractivity contribution in [3.05, 3.63) is 34.9 Å². The van der Waals surface area contributed by atoms with E-state index >= 15 is 0 Å². The fourth-order valence-corrected chi connectivity index (χ4v) is 1.44. The van der Waals surface area contributed by atoms with Crippen molar-refractivity contribution in [3.63, 3.8) is 0 Å². The molecule has 0 unspecified atom stereocenters. The number of halogens is 2. The van der Waals surface area contributed by atoms with E-state index < -0.39 is 13.0 Å². The molecule has 0 saturated carbocycles. The molecule has 88 valence electrons. The number of carbonyl (C=O) groups is 1. The Morgan fingerprint density at radius 3 is 2.62 bits per heavy atom. The van der Waals surface area contributed by atoms with Crippen molar-refractivity contribution in [3.8, 4) is 0 Å². The van der Waals surface area contributed by atoms with Crippen molar-refractivity contribution in [2.45, 2.75) is 20.3 Å². The van der Waals surface area contributed by atoms with Crippen molar-refractivity contribution in [2.75, 3.05) is 13.2 Å². The van der Waals surface area contributed by atoms with Gasteiger partial charge in [-0.3, -0.25) is 4.79 Å². The van der Waals surface area contributed by atoms with Crippen LogP contribution < -0.4 is 0 Å². The number of carbonyl (C=O) groups excluding carboxylic acids is 1. The Morgan fingerprint density at radius 2 is 2.06 bits per heavy atom. The number of Topliss-reactive ketones (excluding diaryl/α,β-unsaturated/α-hetero) is 1. The largest absolute Gasteiger partial charge is 0.367 e. The summed E-state index contributed by atoms with van der Waals surface area (Å²) in [6.07, 6.45) is -2.54. The van der Waals surface area contributed by atoms with Crippen LogP contribution in [-0.4, -0.2) is 25.4 Å².